The Bertz CT molecular complexity index is 1160. The molecule has 1 aliphatic heterocycles. The lowest BCUT2D eigenvalue weighted by Gasteiger charge is -2.40. The van der Waals surface area contributed by atoms with Gasteiger partial charge in [-0.1, -0.05) is 0 Å². The highest BCUT2D eigenvalue weighted by Crippen LogP contribution is 2.46. The predicted octanol–water partition coefficient (Wildman–Crippen LogP) is 5.63. The van der Waals surface area contributed by atoms with Crippen molar-refractivity contribution in [1.82, 2.24) is 4.31 Å². The van der Waals surface area contributed by atoms with E-state index in [9.17, 15) is 49.1 Å². The number of anilines is 1. The first-order valence-electron chi connectivity index (χ1n) is 12.3. The van der Waals surface area contributed by atoms with Crippen LogP contribution in [0.15, 0.2) is 17.0 Å². The molecule has 0 unspecified atom stereocenters. The Balaban J connectivity index is 2.19. The SMILES string of the molecule is CN1[C@H](CCC(F)F)CN(C2CCC(F)(F)CC2)c2cc(C(F)(F)F)c(OCC(C)(C)C(=O)O)cc2S1(=O)=O. The van der Waals surface area contributed by atoms with Gasteiger partial charge in [0.25, 0.3) is 0 Å². The van der Waals surface area contributed by atoms with Crippen molar-refractivity contribution in [3.05, 3.63) is 17.7 Å². The van der Waals surface area contributed by atoms with Gasteiger partial charge in [0.1, 0.15) is 17.3 Å². The second kappa shape index (κ2) is 10.9. The number of carboxylic acids is 1. The number of sulfonamides is 1. The minimum Gasteiger partial charge on any atom is -0.492 e. The fourth-order valence-corrected chi connectivity index (χ4v) is 6.28. The van der Waals surface area contributed by atoms with Crippen LogP contribution < -0.4 is 9.64 Å². The van der Waals surface area contributed by atoms with Crippen molar-refractivity contribution < 1.29 is 53.8 Å². The summed E-state index contributed by atoms with van der Waals surface area (Å²) in [6, 6.07) is -0.630. The van der Waals surface area contributed by atoms with E-state index in [0.717, 1.165) is 11.4 Å². The first-order valence-corrected chi connectivity index (χ1v) is 13.7. The van der Waals surface area contributed by atoms with Crippen LogP contribution in [-0.2, 0) is 21.0 Å². The van der Waals surface area contributed by atoms with Crippen molar-refractivity contribution in [3.8, 4) is 5.75 Å². The van der Waals surface area contributed by atoms with Crippen LogP contribution >= 0.6 is 0 Å². The number of hydrogen-bond acceptors (Lipinski definition) is 5. The van der Waals surface area contributed by atoms with Crippen molar-refractivity contribution in [1.29, 1.82) is 0 Å². The van der Waals surface area contributed by atoms with Crippen LogP contribution in [0.5, 0.6) is 5.75 Å². The highest BCUT2D eigenvalue weighted by Gasteiger charge is 2.45. The maximum absolute atomic E-state index is 14.2. The summed E-state index contributed by atoms with van der Waals surface area (Å²) in [6.07, 6.45) is -10.2. The largest absolute Gasteiger partial charge is 0.492 e. The number of alkyl halides is 7. The number of hydrogen-bond donors (Lipinski definition) is 1. The number of fused-ring (bicyclic) bond motifs is 1. The summed E-state index contributed by atoms with van der Waals surface area (Å²) in [5.41, 5.74) is -3.39. The minimum atomic E-state index is -5.06. The van der Waals surface area contributed by atoms with Gasteiger partial charge in [-0.05, 0) is 39.2 Å². The van der Waals surface area contributed by atoms with Crippen molar-refractivity contribution >= 4 is 21.7 Å². The van der Waals surface area contributed by atoms with Crippen molar-refractivity contribution in [2.45, 2.75) is 87.9 Å². The number of benzene rings is 1. The molecule has 0 saturated heterocycles. The molecule has 3 rings (SSSR count). The first-order chi connectivity index (χ1) is 17.8. The van der Waals surface area contributed by atoms with Gasteiger partial charge in [0.15, 0.2) is 0 Å². The third-order valence-electron chi connectivity index (χ3n) is 7.27. The Morgan fingerprint density at radius 3 is 2.28 bits per heavy atom. The van der Waals surface area contributed by atoms with Crippen LogP contribution in [-0.4, -0.2) is 68.4 Å². The van der Waals surface area contributed by atoms with E-state index in [1.54, 1.807) is 0 Å². The number of carboxylic acid groups (broad SMARTS) is 1. The summed E-state index contributed by atoms with van der Waals surface area (Å²) >= 11 is 0. The summed E-state index contributed by atoms with van der Waals surface area (Å²) in [4.78, 5) is 12.1. The number of rotatable bonds is 8. The quantitative estimate of drug-likeness (QED) is 0.394. The molecule has 1 aliphatic carbocycles. The summed E-state index contributed by atoms with van der Waals surface area (Å²) in [6.45, 7) is 1.42. The Morgan fingerprint density at radius 1 is 1.18 bits per heavy atom. The van der Waals surface area contributed by atoms with E-state index in [1.165, 1.54) is 18.7 Å². The zero-order valence-corrected chi connectivity index (χ0v) is 22.4. The van der Waals surface area contributed by atoms with Gasteiger partial charge in [0, 0.05) is 51.0 Å². The lowest BCUT2D eigenvalue weighted by atomic mass is 9.90. The fourth-order valence-electron chi connectivity index (χ4n) is 4.71. The van der Waals surface area contributed by atoms with Gasteiger partial charge in [0.2, 0.25) is 22.4 Å². The third-order valence-corrected chi connectivity index (χ3v) is 9.21. The molecular weight excluding hydrogens is 561 g/mol. The van der Waals surface area contributed by atoms with Gasteiger partial charge >= 0.3 is 12.1 Å². The Kier molecular flexibility index (Phi) is 8.76. The van der Waals surface area contributed by atoms with Gasteiger partial charge in [-0.25, -0.2) is 26.0 Å². The smallest absolute Gasteiger partial charge is 0.420 e. The maximum atomic E-state index is 14.2. The van der Waals surface area contributed by atoms with E-state index in [4.69, 9.17) is 4.74 Å². The molecule has 15 heteroatoms. The van der Waals surface area contributed by atoms with Crippen molar-refractivity contribution in [2.75, 3.05) is 25.1 Å². The number of likely N-dealkylation sites (N-methyl/N-ethyl adjacent to an activating group) is 1. The lowest BCUT2D eigenvalue weighted by Crippen LogP contribution is -2.47. The van der Waals surface area contributed by atoms with Crippen molar-refractivity contribution in [2.24, 2.45) is 5.41 Å². The van der Waals surface area contributed by atoms with Crippen molar-refractivity contribution in [3.63, 3.8) is 0 Å². The summed E-state index contributed by atoms with van der Waals surface area (Å²) in [7, 11) is -3.44. The summed E-state index contributed by atoms with van der Waals surface area (Å²) in [5, 5.41) is 9.31. The molecule has 7 nitrogen and oxygen atoms in total. The number of halogens is 7. The molecular formula is C24H31F7N2O5S. The molecule has 2 aliphatic rings. The van der Waals surface area contributed by atoms with Crippen LogP contribution in [0.3, 0.4) is 0 Å². The molecule has 1 atom stereocenters. The number of nitrogens with zero attached hydrogens (tertiary/aromatic N) is 2. The highest BCUT2D eigenvalue weighted by molar-refractivity contribution is 7.89. The first kappa shape index (κ1) is 31.2. The van der Waals surface area contributed by atoms with Crippen LogP contribution in [0.2, 0.25) is 0 Å². The van der Waals surface area contributed by atoms with Crippen LogP contribution in [0.4, 0.5) is 36.4 Å². The zero-order chi connectivity index (χ0) is 29.6. The highest BCUT2D eigenvalue weighted by atomic mass is 32.2. The molecule has 1 saturated carbocycles. The fraction of sp³-hybridized carbons (Fsp3) is 0.708. The molecule has 0 amide bonds. The molecule has 1 aromatic rings. The molecule has 1 aromatic carbocycles. The van der Waals surface area contributed by atoms with E-state index in [1.807, 2.05) is 0 Å². The molecule has 222 valence electrons. The minimum absolute atomic E-state index is 0.149. The molecule has 1 N–H and O–H groups in total. The van der Waals surface area contributed by atoms with Gasteiger partial charge in [-0.2, -0.15) is 17.5 Å². The Morgan fingerprint density at radius 2 is 1.77 bits per heavy atom. The van der Waals surface area contributed by atoms with E-state index < -0.39 is 99.8 Å². The molecule has 0 aromatic heterocycles. The second-order valence-electron chi connectivity index (χ2n) is 10.7. The maximum Gasteiger partial charge on any atom is 0.420 e. The molecule has 0 radical (unpaired) electrons. The topological polar surface area (TPSA) is 87.2 Å². The number of carbonyl (C=O) groups is 1. The van der Waals surface area contributed by atoms with Crippen LogP contribution in [0, 0.1) is 5.41 Å². The van der Waals surface area contributed by atoms with Crippen LogP contribution in [0.25, 0.3) is 0 Å². The Hall–Kier alpha value is -2.29. The van der Waals surface area contributed by atoms with Crippen LogP contribution in [0.1, 0.15) is 57.9 Å². The average Bonchev–Trinajstić information content (AvgIpc) is 2.88. The monoisotopic (exact) mass is 592 g/mol. The molecule has 1 heterocycles. The summed E-state index contributed by atoms with van der Waals surface area (Å²) < 4.78 is 130. The van der Waals surface area contributed by atoms with E-state index in [0.29, 0.717) is 12.1 Å². The average molecular weight is 593 g/mol. The molecule has 1 fully saturated rings. The third kappa shape index (κ3) is 6.90. The van der Waals surface area contributed by atoms with E-state index in [2.05, 4.69) is 0 Å². The Labute approximate surface area is 221 Å². The lowest BCUT2D eigenvalue weighted by molar-refractivity contribution is -0.148. The van der Waals surface area contributed by atoms with Gasteiger partial charge in [-0.3, -0.25) is 4.79 Å². The van der Waals surface area contributed by atoms with E-state index in [-0.39, 0.29) is 25.8 Å². The molecule has 39 heavy (non-hydrogen) atoms. The zero-order valence-electron chi connectivity index (χ0n) is 21.6. The number of aliphatic carboxylic acids is 1. The second-order valence-corrected chi connectivity index (χ2v) is 12.6. The van der Waals surface area contributed by atoms with Gasteiger partial charge in [-0.15, -0.1) is 0 Å². The molecule has 0 bridgehead atoms. The standard InChI is InChI=1S/C24H31F7N2O5S/c1-22(2,21(34)35)13-38-18-11-19-17(10-16(18)24(29,30)31)33(14-6-8-23(27,28)9-7-14)12-15(4-5-20(25)26)32(3)39(19,36)37/h10-11,14-15,20H,4-9,12-13H2,1-3H3,(H,34,35)/t15-/m1/s1. The predicted molar refractivity (Wildman–Crippen MR) is 127 cm³/mol. The van der Waals surface area contributed by atoms with Gasteiger partial charge in [0.05, 0.1) is 16.7 Å². The number of ether oxygens (including phenoxy) is 1. The summed E-state index contributed by atoms with van der Waals surface area (Å²) in [5.74, 6) is -5.26. The van der Waals surface area contributed by atoms with E-state index >= 15 is 0 Å². The van der Waals surface area contributed by atoms with Gasteiger partial charge < -0.3 is 14.7 Å². The molecule has 0 spiro atoms. The normalized spacial score (nSPS) is 22.4.